The van der Waals surface area contributed by atoms with Gasteiger partial charge in [-0.25, -0.2) is 0 Å². The largest absolute Gasteiger partial charge is 0.379 e. The molecule has 1 aromatic rings. The van der Waals surface area contributed by atoms with Crippen molar-refractivity contribution in [2.24, 2.45) is 0 Å². The first-order chi connectivity index (χ1) is 21.9. The maximum atomic E-state index is 5.67. The van der Waals surface area contributed by atoms with Crippen LogP contribution in [0.4, 0.5) is 0 Å². The van der Waals surface area contributed by atoms with E-state index in [1.165, 1.54) is 82.6 Å². The molecular weight excluding hydrogens is 560 g/mol. The predicted octanol–water partition coefficient (Wildman–Crippen LogP) is 7.41. The van der Waals surface area contributed by atoms with Crippen molar-refractivity contribution in [3.63, 3.8) is 0 Å². The van der Waals surface area contributed by atoms with Crippen LogP contribution in [0.3, 0.4) is 0 Å². The number of rotatable bonds is 37. The van der Waals surface area contributed by atoms with Crippen molar-refractivity contribution in [3.05, 3.63) is 35.9 Å². The van der Waals surface area contributed by atoms with Crippen LogP contribution in [-0.2, 0) is 44.5 Å². The van der Waals surface area contributed by atoms with E-state index in [9.17, 15) is 0 Å². The van der Waals surface area contributed by atoms with E-state index in [4.69, 9.17) is 37.9 Å². The van der Waals surface area contributed by atoms with Crippen LogP contribution in [0, 0.1) is 0 Å². The van der Waals surface area contributed by atoms with Gasteiger partial charge in [-0.1, -0.05) is 114 Å². The summed E-state index contributed by atoms with van der Waals surface area (Å²) < 4.78 is 44.4. The van der Waals surface area contributed by atoms with Crippen LogP contribution in [-0.4, -0.2) is 99.1 Å². The van der Waals surface area contributed by atoms with Crippen LogP contribution in [0.15, 0.2) is 30.3 Å². The van der Waals surface area contributed by atoms with Gasteiger partial charge in [-0.05, 0) is 12.0 Å². The summed E-state index contributed by atoms with van der Waals surface area (Å²) in [5, 5.41) is 0. The summed E-state index contributed by atoms with van der Waals surface area (Å²) in [6.45, 7) is 11.7. The molecule has 258 valence electrons. The Hall–Kier alpha value is -1.10. The predicted molar refractivity (Wildman–Crippen MR) is 178 cm³/mol. The van der Waals surface area contributed by atoms with E-state index in [0.29, 0.717) is 99.1 Å². The van der Waals surface area contributed by atoms with Crippen molar-refractivity contribution in [2.45, 2.75) is 97.0 Å². The van der Waals surface area contributed by atoms with Crippen LogP contribution >= 0.6 is 0 Å². The lowest BCUT2D eigenvalue weighted by atomic mass is 10.0. The lowest BCUT2D eigenvalue weighted by Gasteiger charge is -2.09. The summed E-state index contributed by atoms with van der Waals surface area (Å²) in [5.74, 6) is 0. The summed E-state index contributed by atoms with van der Waals surface area (Å²) in [6.07, 6.45) is 17.8. The van der Waals surface area contributed by atoms with Crippen molar-refractivity contribution in [1.29, 1.82) is 0 Å². The Labute approximate surface area is 269 Å². The summed E-state index contributed by atoms with van der Waals surface area (Å²) in [7, 11) is 0. The molecule has 0 saturated carbocycles. The molecule has 0 bridgehead atoms. The SMILES string of the molecule is CCCCCCCCCCCCCCCOCCOCCOCCOCCOCCOCCOCCOCc1ccccc1. The minimum absolute atomic E-state index is 0.542. The van der Waals surface area contributed by atoms with E-state index in [0.717, 1.165) is 13.0 Å². The molecule has 1 rings (SSSR count). The molecule has 8 nitrogen and oxygen atoms in total. The topological polar surface area (TPSA) is 73.8 Å². The van der Waals surface area contributed by atoms with E-state index in [1.54, 1.807) is 0 Å². The Morgan fingerprint density at radius 2 is 0.614 bits per heavy atom. The summed E-state index contributed by atoms with van der Waals surface area (Å²) in [6, 6.07) is 10.1. The maximum absolute atomic E-state index is 5.67. The highest BCUT2D eigenvalue weighted by molar-refractivity contribution is 5.13. The van der Waals surface area contributed by atoms with Crippen molar-refractivity contribution in [3.8, 4) is 0 Å². The average Bonchev–Trinajstić information content (AvgIpc) is 3.05. The normalized spacial score (nSPS) is 11.5. The van der Waals surface area contributed by atoms with E-state index < -0.39 is 0 Å². The highest BCUT2D eigenvalue weighted by atomic mass is 16.6. The number of unbranched alkanes of at least 4 members (excludes halogenated alkanes) is 12. The minimum atomic E-state index is 0.542. The molecule has 0 spiro atoms. The third-order valence-corrected chi connectivity index (χ3v) is 7.11. The van der Waals surface area contributed by atoms with E-state index in [1.807, 2.05) is 30.3 Å². The molecule has 0 aromatic heterocycles. The van der Waals surface area contributed by atoms with Crippen molar-refractivity contribution >= 4 is 0 Å². The zero-order valence-electron chi connectivity index (χ0n) is 28.2. The third kappa shape index (κ3) is 32.3. The fourth-order valence-corrected chi connectivity index (χ4v) is 4.53. The summed E-state index contributed by atoms with van der Waals surface area (Å²) in [4.78, 5) is 0. The van der Waals surface area contributed by atoms with Gasteiger partial charge >= 0.3 is 0 Å². The summed E-state index contributed by atoms with van der Waals surface area (Å²) in [5.41, 5.74) is 1.17. The van der Waals surface area contributed by atoms with Gasteiger partial charge in [0.15, 0.2) is 0 Å². The van der Waals surface area contributed by atoms with E-state index in [-0.39, 0.29) is 0 Å². The zero-order chi connectivity index (χ0) is 31.3. The smallest absolute Gasteiger partial charge is 0.0718 e. The highest BCUT2D eigenvalue weighted by Gasteiger charge is 1.97. The Balaban J connectivity index is 1.61. The molecule has 0 N–H and O–H groups in total. The van der Waals surface area contributed by atoms with E-state index >= 15 is 0 Å². The van der Waals surface area contributed by atoms with Crippen LogP contribution in [0.1, 0.15) is 96.0 Å². The quantitative estimate of drug-likeness (QED) is 0.0707. The van der Waals surface area contributed by atoms with Gasteiger partial charge in [0.05, 0.1) is 99.1 Å². The van der Waals surface area contributed by atoms with Crippen LogP contribution in [0.2, 0.25) is 0 Å². The van der Waals surface area contributed by atoms with Gasteiger partial charge in [-0.15, -0.1) is 0 Å². The van der Waals surface area contributed by atoms with Crippen molar-refractivity contribution < 1.29 is 37.9 Å². The van der Waals surface area contributed by atoms with Crippen LogP contribution in [0.5, 0.6) is 0 Å². The second-order valence-corrected chi connectivity index (χ2v) is 11.1. The molecule has 0 unspecified atom stereocenters. The van der Waals surface area contributed by atoms with Crippen LogP contribution in [0.25, 0.3) is 0 Å². The summed E-state index contributed by atoms with van der Waals surface area (Å²) >= 11 is 0. The maximum Gasteiger partial charge on any atom is 0.0718 e. The lowest BCUT2D eigenvalue weighted by Crippen LogP contribution is -2.15. The molecule has 44 heavy (non-hydrogen) atoms. The highest BCUT2D eigenvalue weighted by Crippen LogP contribution is 2.12. The van der Waals surface area contributed by atoms with Gasteiger partial charge < -0.3 is 37.9 Å². The molecule has 0 radical (unpaired) electrons. The molecule has 0 saturated heterocycles. The molecule has 0 fully saturated rings. The van der Waals surface area contributed by atoms with Gasteiger partial charge in [-0.2, -0.15) is 0 Å². The monoisotopic (exact) mass is 626 g/mol. The second-order valence-electron chi connectivity index (χ2n) is 11.1. The van der Waals surface area contributed by atoms with Crippen LogP contribution < -0.4 is 0 Å². The molecule has 8 heteroatoms. The molecule has 0 heterocycles. The number of ether oxygens (including phenoxy) is 8. The molecular formula is C36H66O8. The molecule has 0 aliphatic rings. The van der Waals surface area contributed by atoms with Gasteiger partial charge in [0.2, 0.25) is 0 Å². The number of hydrogen-bond acceptors (Lipinski definition) is 8. The number of hydrogen-bond donors (Lipinski definition) is 0. The Kier molecular flexibility index (Phi) is 33.8. The molecule has 1 aromatic carbocycles. The molecule has 0 aliphatic heterocycles. The third-order valence-electron chi connectivity index (χ3n) is 7.11. The minimum Gasteiger partial charge on any atom is -0.379 e. The number of benzene rings is 1. The Morgan fingerprint density at radius 3 is 0.977 bits per heavy atom. The second kappa shape index (κ2) is 36.4. The average molecular weight is 627 g/mol. The zero-order valence-corrected chi connectivity index (χ0v) is 28.2. The van der Waals surface area contributed by atoms with Gasteiger partial charge in [0.25, 0.3) is 0 Å². The van der Waals surface area contributed by atoms with Crippen molar-refractivity contribution in [2.75, 3.05) is 99.1 Å². The fraction of sp³-hybridized carbons (Fsp3) is 0.833. The molecule has 0 aliphatic carbocycles. The van der Waals surface area contributed by atoms with E-state index in [2.05, 4.69) is 6.92 Å². The lowest BCUT2D eigenvalue weighted by molar-refractivity contribution is -0.0236. The standard InChI is InChI=1S/C36H66O8/c1-2-3-4-5-6-7-8-9-10-11-12-13-17-20-37-21-22-38-23-24-39-25-26-40-27-28-41-29-30-42-31-32-43-33-34-44-35-36-18-15-14-16-19-36/h14-16,18-19H,2-13,17,20-35H2,1H3. The van der Waals surface area contributed by atoms with Gasteiger partial charge in [0, 0.05) is 6.61 Å². The van der Waals surface area contributed by atoms with Gasteiger partial charge in [-0.3, -0.25) is 0 Å². The first kappa shape index (κ1) is 40.9. The Bertz CT molecular complexity index is 648. The van der Waals surface area contributed by atoms with Crippen molar-refractivity contribution in [1.82, 2.24) is 0 Å². The fourth-order valence-electron chi connectivity index (χ4n) is 4.53. The molecule has 0 amide bonds. The first-order valence-electron chi connectivity index (χ1n) is 17.6. The molecule has 0 atom stereocenters. The Morgan fingerprint density at radius 1 is 0.318 bits per heavy atom. The van der Waals surface area contributed by atoms with Gasteiger partial charge in [0.1, 0.15) is 0 Å². The first-order valence-corrected chi connectivity index (χ1v) is 17.6.